The lowest BCUT2D eigenvalue weighted by Crippen LogP contribution is -2.44. The number of carbonyl (C=O) groups excluding carboxylic acids is 2. The summed E-state index contributed by atoms with van der Waals surface area (Å²) in [6.45, 7) is 11.3. The highest BCUT2D eigenvalue weighted by Gasteiger charge is 2.27. The summed E-state index contributed by atoms with van der Waals surface area (Å²) >= 11 is 0. The minimum Gasteiger partial charge on any atom is -0.353 e. The van der Waals surface area contributed by atoms with Crippen LogP contribution in [0.2, 0.25) is 0 Å². The zero-order valence-electron chi connectivity index (χ0n) is 16.9. The van der Waals surface area contributed by atoms with Gasteiger partial charge >= 0.3 is 0 Å². The largest absolute Gasteiger partial charge is 0.353 e. The Bertz CT molecular complexity index is 616. The van der Waals surface area contributed by atoms with Gasteiger partial charge in [0.1, 0.15) is 0 Å². The van der Waals surface area contributed by atoms with E-state index in [-0.39, 0.29) is 23.3 Å². The van der Waals surface area contributed by atoms with Gasteiger partial charge in [-0.05, 0) is 41.4 Å². The Balaban J connectivity index is 1.76. The lowest BCUT2D eigenvalue weighted by molar-refractivity contribution is -0.122. The highest BCUT2D eigenvalue weighted by Crippen LogP contribution is 2.29. The van der Waals surface area contributed by atoms with Crippen LogP contribution in [0.5, 0.6) is 0 Å². The summed E-state index contributed by atoms with van der Waals surface area (Å²) in [6.07, 6.45) is 3.81. The maximum Gasteiger partial charge on any atom is 0.251 e. The lowest BCUT2D eigenvalue weighted by atomic mass is 9.78. The summed E-state index contributed by atoms with van der Waals surface area (Å²) < 4.78 is 0. The molecule has 1 aromatic rings. The first-order valence-electron chi connectivity index (χ1n) is 9.86. The van der Waals surface area contributed by atoms with Crippen LogP contribution in [0.15, 0.2) is 24.3 Å². The van der Waals surface area contributed by atoms with Gasteiger partial charge in [0.2, 0.25) is 5.91 Å². The molecule has 0 radical (unpaired) electrons. The number of amides is 2. The number of hydrogen-bond acceptors (Lipinski definition) is 2. The van der Waals surface area contributed by atoms with Gasteiger partial charge in [0.05, 0.1) is 0 Å². The van der Waals surface area contributed by atoms with Crippen molar-refractivity contribution in [3.8, 4) is 0 Å². The molecule has 4 heteroatoms. The predicted molar refractivity (Wildman–Crippen MR) is 106 cm³/mol. The quantitative estimate of drug-likeness (QED) is 0.834. The van der Waals surface area contributed by atoms with E-state index >= 15 is 0 Å². The standard InChI is InChI=1S/C22H34N2O2/c1-15-7-6-8-19(16(15)2)24-20(25)13-14-23-21(26)17-9-11-18(12-10-17)22(3,4)5/h9-12,15-16,19H,6-8,13-14H2,1-5H3,(H,23,26)(H,24,25)/t15-,16+,19+/m1/s1. The van der Waals surface area contributed by atoms with Crippen molar-refractivity contribution in [2.24, 2.45) is 11.8 Å². The fourth-order valence-electron chi connectivity index (χ4n) is 3.58. The van der Waals surface area contributed by atoms with Crippen LogP contribution in [-0.4, -0.2) is 24.4 Å². The monoisotopic (exact) mass is 358 g/mol. The molecule has 1 aromatic carbocycles. The fraction of sp³-hybridized carbons (Fsp3) is 0.636. The third kappa shape index (κ3) is 5.58. The normalized spacial score (nSPS) is 23.3. The van der Waals surface area contributed by atoms with Crippen molar-refractivity contribution in [3.05, 3.63) is 35.4 Å². The molecule has 0 spiro atoms. The Morgan fingerprint density at radius 3 is 2.35 bits per heavy atom. The van der Waals surface area contributed by atoms with Crippen LogP contribution in [0.1, 0.15) is 76.2 Å². The van der Waals surface area contributed by atoms with Crippen molar-refractivity contribution in [2.45, 2.75) is 71.8 Å². The minimum atomic E-state index is -0.127. The van der Waals surface area contributed by atoms with Crippen molar-refractivity contribution in [2.75, 3.05) is 6.54 Å². The Labute approximate surface area is 158 Å². The van der Waals surface area contributed by atoms with Crippen molar-refractivity contribution in [1.82, 2.24) is 10.6 Å². The molecule has 2 N–H and O–H groups in total. The Morgan fingerprint density at radius 1 is 1.08 bits per heavy atom. The average molecular weight is 359 g/mol. The van der Waals surface area contributed by atoms with Gasteiger partial charge in [-0.3, -0.25) is 9.59 Å². The van der Waals surface area contributed by atoms with Gasteiger partial charge in [0.15, 0.2) is 0 Å². The molecule has 1 aliphatic carbocycles. The average Bonchev–Trinajstić information content (AvgIpc) is 2.58. The van der Waals surface area contributed by atoms with Gasteiger partial charge < -0.3 is 10.6 Å². The van der Waals surface area contributed by atoms with E-state index in [1.54, 1.807) is 0 Å². The summed E-state index contributed by atoms with van der Waals surface area (Å²) in [5, 5.41) is 5.99. The molecule has 4 nitrogen and oxygen atoms in total. The van der Waals surface area contributed by atoms with Crippen LogP contribution in [-0.2, 0) is 10.2 Å². The van der Waals surface area contributed by atoms with Gasteiger partial charge in [0.25, 0.3) is 5.91 Å². The van der Waals surface area contributed by atoms with E-state index in [1.807, 2.05) is 24.3 Å². The number of hydrogen-bond donors (Lipinski definition) is 2. The highest BCUT2D eigenvalue weighted by atomic mass is 16.2. The first kappa shape index (κ1) is 20.5. The molecule has 1 aliphatic rings. The topological polar surface area (TPSA) is 58.2 Å². The third-order valence-corrected chi connectivity index (χ3v) is 5.70. The summed E-state index contributed by atoms with van der Waals surface area (Å²) in [5.41, 5.74) is 1.90. The van der Waals surface area contributed by atoms with Crippen LogP contribution in [0, 0.1) is 11.8 Å². The summed E-state index contributed by atoms with van der Waals surface area (Å²) in [4.78, 5) is 24.4. The molecule has 1 saturated carbocycles. The number of rotatable bonds is 5. The van der Waals surface area contributed by atoms with Crippen LogP contribution in [0.25, 0.3) is 0 Å². The van der Waals surface area contributed by atoms with Gasteiger partial charge in [-0.25, -0.2) is 0 Å². The van der Waals surface area contributed by atoms with Gasteiger partial charge in [-0.1, -0.05) is 59.6 Å². The first-order valence-corrected chi connectivity index (χ1v) is 9.86. The number of carbonyl (C=O) groups is 2. The molecular formula is C22H34N2O2. The minimum absolute atomic E-state index is 0.0272. The number of nitrogens with one attached hydrogen (secondary N) is 2. The molecule has 0 bridgehead atoms. The summed E-state index contributed by atoms with van der Waals surface area (Å²) in [5.74, 6) is 1.07. The van der Waals surface area contributed by atoms with Gasteiger partial charge in [-0.2, -0.15) is 0 Å². The van der Waals surface area contributed by atoms with Crippen LogP contribution < -0.4 is 10.6 Å². The molecule has 144 valence electrons. The first-order chi connectivity index (χ1) is 12.2. The second kappa shape index (κ2) is 8.70. The van der Waals surface area contributed by atoms with E-state index < -0.39 is 0 Å². The molecule has 2 amide bonds. The molecule has 26 heavy (non-hydrogen) atoms. The second-order valence-corrected chi connectivity index (χ2v) is 8.77. The van der Waals surface area contributed by atoms with E-state index in [2.05, 4.69) is 45.3 Å². The van der Waals surface area contributed by atoms with E-state index in [9.17, 15) is 9.59 Å². The number of benzene rings is 1. The second-order valence-electron chi connectivity index (χ2n) is 8.77. The van der Waals surface area contributed by atoms with Crippen molar-refractivity contribution in [1.29, 1.82) is 0 Å². The third-order valence-electron chi connectivity index (χ3n) is 5.70. The van der Waals surface area contributed by atoms with Crippen LogP contribution in [0.3, 0.4) is 0 Å². The molecule has 0 unspecified atom stereocenters. The maximum atomic E-state index is 12.2. The molecule has 0 heterocycles. The van der Waals surface area contributed by atoms with E-state index in [1.165, 1.54) is 18.4 Å². The van der Waals surface area contributed by atoms with Crippen molar-refractivity contribution in [3.63, 3.8) is 0 Å². The molecule has 0 saturated heterocycles. The predicted octanol–water partition coefficient (Wildman–Crippen LogP) is 4.04. The van der Waals surface area contributed by atoms with E-state index in [0.29, 0.717) is 30.4 Å². The van der Waals surface area contributed by atoms with E-state index in [0.717, 1.165) is 6.42 Å². The maximum absolute atomic E-state index is 12.2. The smallest absolute Gasteiger partial charge is 0.251 e. The molecule has 0 aromatic heterocycles. The van der Waals surface area contributed by atoms with Crippen molar-refractivity contribution < 1.29 is 9.59 Å². The lowest BCUT2D eigenvalue weighted by Gasteiger charge is -2.34. The molecule has 0 aliphatic heterocycles. The molecular weight excluding hydrogens is 324 g/mol. The Kier molecular flexibility index (Phi) is 6.85. The molecule has 3 atom stereocenters. The van der Waals surface area contributed by atoms with E-state index in [4.69, 9.17) is 0 Å². The van der Waals surface area contributed by atoms with Gasteiger partial charge in [0, 0.05) is 24.6 Å². The fourth-order valence-corrected chi connectivity index (χ4v) is 3.58. The summed E-state index contributed by atoms with van der Waals surface area (Å²) in [7, 11) is 0. The zero-order valence-corrected chi connectivity index (χ0v) is 16.9. The highest BCUT2D eigenvalue weighted by molar-refractivity contribution is 5.94. The van der Waals surface area contributed by atoms with Gasteiger partial charge in [-0.15, -0.1) is 0 Å². The zero-order chi connectivity index (χ0) is 19.3. The summed E-state index contributed by atoms with van der Waals surface area (Å²) in [6, 6.07) is 7.95. The molecule has 2 rings (SSSR count). The molecule has 1 fully saturated rings. The Hall–Kier alpha value is -1.84. The van der Waals surface area contributed by atoms with Crippen LogP contribution >= 0.6 is 0 Å². The SMILES string of the molecule is C[C@H]1[C@H](C)CCC[C@@H]1NC(=O)CCNC(=O)c1ccc(C(C)(C)C)cc1. The Morgan fingerprint density at radius 2 is 1.73 bits per heavy atom. The van der Waals surface area contributed by atoms with Crippen molar-refractivity contribution >= 4 is 11.8 Å². The van der Waals surface area contributed by atoms with Crippen LogP contribution in [0.4, 0.5) is 0 Å².